The van der Waals surface area contributed by atoms with Crippen molar-refractivity contribution in [3.05, 3.63) is 30.1 Å². The Kier molecular flexibility index (Phi) is 4.03. The van der Waals surface area contributed by atoms with Gasteiger partial charge in [-0.1, -0.05) is 0 Å². The maximum atomic E-state index is 13.2. The van der Waals surface area contributed by atoms with Gasteiger partial charge in [-0.3, -0.25) is 4.79 Å². The molecular weight excluding hydrogens is 370 g/mol. The molecule has 0 saturated carbocycles. The highest BCUT2D eigenvalue weighted by atomic mass is 32.2. The molecule has 1 aliphatic rings. The summed E-state index contributed by atoms with van der Waals surface area (Å²) in [7, 11) is -4.49. The molecule has 3 rings (SSSR count). The number of fused-ring (bicyclic) bond motifs is 1. The van der Waals surface area contributed by atoms with E-state index in [1.165, 1.54) is 6.07 Å². The van der Waals surface area contributed by atoms with Crippen LogP contribution in [0, 0.1) is 17.7 Å². The summed E-state index contributed by atoms with van der Waals surface area (Å²) in [4.78, 5) is 11.1. The first-order chi connectivity index (χ1) is 11.5. The molecule has 0 radical (unpaired) electrons. The van der Waals surface area contributed by atoms with E-state index in [-0.39, 0.29) is 11.0 Å². The Morgan fingerprint density at radius 2 is 1.92 bits per heavy atom. The van der Waals surface area contributed by atoms with E-state index in [1.54, 1.807) is 0 Å². The Morgan fingerprint density at radius 1 is 1.24 bits per heavy atom. The lowest BCUT2D eigenvalue weighted by Gasteiger charge is -2.17. The SMILES string of the molecule is O=C(O)[C@@H]1CN(S(=O)(=O)c2cc3cc(F)ccc3o2)C[C@H]1C(F)(F)F. The van der Waals surface area contributed by atoms with Gasteiger partial charge in [0.1, 0.15) is 11.4 Å². The molecule has 6 nitrogen and oxygen atoms in total. The van der Waals surface area contributed by atoms with Gasteiger partial charge in [0.25, 0.3) is 10.0 Å². The van der Waals surface area contributed by atoms with Gasteiger partial charge in [0.15, 0.2) is 0 Å². The molecule has 1 fully saturated rings. The van der Waals surface area contributed by atoms with Gasteiger partial charge < -0.3 is 9.52 Å². The molecule has 0 bridgehead atoms. The summed E-state index contributed by atoms with van der Waals surface area (Å²) in [5, 5.41) is 8.42. The Hall–Kier alpha value is -2.14. The number of aliphatic carboxylic acids is 1. The molecular formula is C14H11F4NO5S. The number of carbonyl (C=O) groups is 1. The Morgan fingerprint density at radius 3 is 2.48 bits per heavy atom. The lowest BCUT2D eigenvalue weighted by Crippen LogP contribution is -2.34. The number of alkyl halides is 3. The monoisotopic (exact) mass is 381 g/mol. The zero-order valence-corrected chi connectivity index (χ0v) is 13.1. The van der Waals surface area contributed by atoms with Gasteiger partial charge in [0.2, 0.25) is 5.09 Å². The maximum absolute atomic E-state index is 13.2. The third kappa shape index (κ3) is 3.09. The Bertz CT molecular complexity index is 936. The third-order valence-electron chi connectivity index (χ3n) is 4.07. The van der Waals surface area contributed by atoms with Crippen molar-refractivity contribution in [1.29, 1.82) is 0 Å². The summed E-state index contributed by atoms with van der Waals surface area (Å²) in [5.41, 5.74) is 0.0429. The van der Waals surface area contributed by atoms with Crippen molar-refractivity contribution in [3.8, 4) is 0 Å². The van der Waals surface area contributed by atoms with Crippen LogP contribution in [0.15, 0.2) is 33.8 Å². The zero-order chi connectivity index (χ0) is 18.6. The van der Waals surface area contributed by atoms with E-state index < -0.39 is 58.0 Å². The number of rotatable bonds is 3. The average molecular weight is 381 g/mol. The molecule has 1 aromatic heterocycles. The van der Waals surface area contributed by atoms with Gasteiger partial charge in [-0.05, 0) is 18.2 Å². The molecule has 0 aliphatic carbocycles. The second-order valence-corrected chi connectivity index (χ2v) is 7.53. The first-order valence-electron chi connectivity index (χ1n) is 6.99. The number of hydrogen-bond donors (Lipinski definition) is 1. The predicted octanol–water partition coefficient (Wildman–Crippen LogP) is 2.46. The molecule has 1 saturated heterocycles. The van der Waals surface area contributed by atoms with Gasteiger partial charge in [0, 0.05) is 24.5 Å². The van der Waals surface area contributed by atoms with E-state index in [0.717, 1.165) is 18.2 Å². The number of nitrogens with zero attached hydrogens (tertiary/aromatic N) is 1. The second kappa shape index (κ2) is 5.70. The van der Waals surface area contributed by atoms with Crippen LogP contribution in [-0.4, -0.2) is 43.1 Å². The molecule has 1 aliphatic heterocycles. The molecule has 2 aromatic rings. The number of sulfonamides is 1. The lowest BCUT2D eigenvalue weighted by molar-refractivity contribution is -0.187. The first kappa shape index (κ1) is 17.7. The normalized spacial score (nSPS) is 22.6. The van der Waals surface area contributed by atoms with Crippen molar-refractivity contribution in [1.82, 2.24) is 4.31 Å². The lowest BCUT2D eigenvalue weighted by atomic mass is 9.96. The van der Waals surface area contributed by atoms with Gasteiger partial charge in [-0.15, -0.1) is 0 Å². The molecule has 25 heavy (non-hydrogen) atoms. The molecule has 2 atom stereocenters. The van der Waals surface area contributed by atoms with E-state index in [1.807, 2.05) is 0 Å². The Balaban J connectivity index is 1.97. The summed E-state index contributed by atoms with van der Waals surface area (Å²) in [6.45, 7) is -1.85. The van der Waals surface area contributed by atoms with Gasteiger partial charge in [0.05, 0.1) is 11.8 Å². The minimum Gasteiger partial charge on any atom is -0.481 e. The van der Waals surface area contributed by atoms with Crippen LogP contribution in [0.2, 0.25) is 0 Å². The summed E-state index contributed by atoms with van der Waals surface area (Å²) >= 11 is 0. The van der Waals surface area contributed by atoms with E-state index in [2.05, 4.69) is 0 Å². The molecule has 0 unspecified atom stereocenters. The highest BCUT2D eigenvalue weighted by molar-refractivity contribution is 7.89. The van der Waals surface area contributed by atoms with Gasteiger partial charge in [-0.25, -0.2) is 12.8 Å². The number of carboxylic acids is 1. The number of halogens is 4. The van der Waals surface area contributed by atoms with E-state index in [0.29, 0.717) is 4.31 Å². The summed E-state index contributed by atoms with van der Waals surface area (Å²) < 4.78 is 82.7. The molecule has 11 heteroatoms. The first-order valence-corrected chi connectivity index (χ1v) is 8.43. The fraction of sp³-hybridized carbons (Fsp3) is 0.357. The largest absolute Gasteiger partial charge is 0.481 e. The number of hydrogen-bond acceptors (Lipinski definition) is 4. The summed E-state index contributed by atoms with van der Waals surface area (Å²) in [6.07, 6.45) is -4.86. The minimum atomic E-state index is -4.86. The molecule has 2 heterocycles. The van der Waals surface area contributed by atoms with Crippen LogP contribution in [0.3, 0.4) is 0 Å². The quantitative estimate of drug-likeness (QED) is 0.826. The standard InChI is InChI=1S/C14H11F4NO5S/c15-8-1-2-11-7(3-8)4-12(24-11)25(22,23)19-5-9(13(20)21)10(6-19)14(16,17)18/h1-4,9-10H,5-6H2,(H,20,21)/t9-,10-/m1/s1. The number of benzene rings is 1. The highest BCUT2D eigenvalue weighted by Gasteiger charge is 2.55. The predicted molar refractivity (Wildman–Crippen MR) is 75.6 cm³/mol. The fourth-order valence-electron chi connectivity index (χ4n) is 2.79. The number of furan rings is 1. The smallest absolute Gasteiger partial charge is 0.393 e. The van der Waals surface area contributed by atoms with E-state index in [9.17, 15) is 30.8 Å². The van der Waals surface area contributed by atoms with Gasteiger partial charge in [-0.2, -0.15) is 17.5 Å². The van der Waals surface area contributed by atoms with Crippen molar-refractivity contribution in [2.45, 2.75) is 11.3 Å². The Labute approximate surface area is 138 Å². The maximum Gasteiger partial charge on any atom is 0.393 e. The fourth-order valence-corrected chi connectivity index (χ4v) is 4.23. The summed E-state index contributed by atoms with van der Waals surface area (Å²) in [6, 6.07) is 4.23. The van der Waals surface area contributed by atoms with Crippen LogP contribution in [-0.2, 0) is 14.8 Å². The van der Waals surface area contributed by atoms with Crippen LogP contribution in [0.5, 0.6) is 0 Å². The highest BCUT2D eigenvalue weighted by Crippen LogP contribution is 2.40. The molecule has 136 valence electrons. The van der Waals surface area contributed by atoms with Crippen molar-refractivity contribution >= 4 is 27.0 Å². The molecule has 1 aromatic carbocycles. The van der Waals surface area contributed by atoms with Crippen LogP contribution in [0.4, 0.5) is 17.6 Å². The van der Waals surface area contributed by atoms with Crippen LogP contribution >= 0.6 is 0 Å². The van der Waals surface area contributed by atoms with Crippen molar-refractivity contribution in [2.24, 2.45) is 11.8 Å². The number of carboxylic acid groups (broad SMARTS) is 1. The van der Waals surface area contributed by atoms with Crippen LogP contribution < -0.4 is 0 Å². The minimum absolute atomic E-state index is 0.0429. The molecule has 0 spiro atoms. The zero-order valence-electron chi connectivity index (χ0n) is 12.3. The van der Waals surface area contributed by atoms with Crippen molar-refractivity contribution < 1.29 is 40.3 Å². The summed E-state index contributed by atoms with van der Waals surface area (Å²) in [5.74, 6) is -6.59. The van der Waals surface area contributed by atoms with E-state index in [4.69, 9.17) is 9.52 Å². The van der Waals surface area contributed by atoms with Crippen molar-refractivity contribution in [3.63, 3.8) is 0 Å². The average Bonchev–Trinajstić information content (AvgIpc) is 3.10. The molecule has 1 N–H and O–H groups in total. The second-order valence-electron chi connectivity index (χ2n) is 5.66. The topological polar surface area (TPSA) is 87.8 Å². The third-order valence-corrected chi connectivity index (χ3v) is 5.76. The van der Waals surface area contributed by atoms with E-state index >= 15 is 0 Å². The van der Waals surface area contributed by atoms with Crippen LogP contribution in [0.25, 0.3) is 11.0 Å². The molecule has 0 amide bonds. The van der Waals surface area contributed by atoms with Gasteiger partial charge >= 0.3 is 12.1 Å². The van der Waals surface area contributed by atoms with Crippen LogP contribution in [0.1, 0.15) is 0 Å². The van der Waals surface area contributed by atoms with Crippen molar-refractivity contribution in [2.75, 3.05) is 13.1 Å².